The first kappa shape index (κ1) is 16.1. The molecule has 1 atom stereocenters. The molecule has 0 spiro atoms. The van der Waals surface area contributed by atoms with Crippen LogP contribution >= 0.6 is 11.6 Å². The molecular formula is C18H15ClO3. The van der Waals surface area contributed by atoms with Gasteiger partial charge in [0.2, 0.25) is 0 Å². The zero-order valence-corrected chi connectivity index (χ0v) is 12.8. The largest absolute Gasteiger partial charge is 0.298 e. The van der Waals surface area contributed by atoms with Crippen molar-refractivity contribution in [3.05, 3.63) is 70.7 Å². The fourth-order valence-corrected chi connectivity index (χ4v) is 2.31. The summed E-state index contributed by atoms with van der Waals surface area (Å²) in [5, 5.41) is 0.307. The zero-order chi connectivity index (χ0) is 16.1. The van der Waals surface area contributed by atoms with E-state index in [9.17, 15) is 14.4 Å². The van der Waals surface area contributed by atoms with E-state index in [1.165, 1.54) is 6.92 Å². The number of Topliss-reactive ketones (excluding diaryl/α,β-unsaturated/α-hetero) is 3. The van der Waals surface area contributed by atoms with Crippen LogP contribution in [-0.4, -0.2) is 17.3 Å². The van der Waals surface area contributed by atoms with Crippen LogP contribution in [0.15, 0.2) is 54.6 Å². The Labute approximate surface area is 133 Å². The number of carbonyl (C=O) groups is 3. The summed E-state index contributed by atoms with van der Waals surface area (Å²) in [6.07, 6.45) is -0.290. The highest BCUT2D eigenvalue weighted by Crippen LogP contribution is 2.20. The molecule has 0 saturated heterocycles. The smallest absolute Gasteiger partial charge is 0.174 e. The molecule has 0 heterocycles. The summed E-state index contributed by atoms with van der Waals surface area (Å²) in [6.45, 7) is 1.51. The van der Waals surface area contributed by atoms with Gasteiger partial charge in [0, 0.05) is 11.1 Å². The molecule has 1 unspecified atom stereocenters. The number of hydrogen-bond donors (Lipinski definition) is 0. The van der Waals surface area contributed by atoms with Crippen LogP contribution in [0.1, 0.15) is 34.1 Å². The molecule has 0 aromatic heterocycles. The molecule has 0 bridgehead atoms. The molecule has 0 saturated carbocycles. The number of halogens is 1. The van der Waals surface area contributed by atoms with Gasteiger partial charge in [0.15, 0.2) is 17.3 Å². The lowest BCUT2D eigenvalue weighted by Crippen LogP contribution is -2.23. The van der Waals surface area contributed by atoms with Gasteiger partial charge in [-0.05, 0) is 19.1 Å². The number of carbonyl (C=O) groups excluding carboxylic acids is 3. The molecule has 3 nitrogen and oxygen atoms in total. The molecule has 112 valence electrons. The highest BCUT2D eigenvalue weighted by atomic mass is 35.5. The van der Waals surface area contributed by atoms with Crippen LogP contribution in [0, 0.1) is 5.92 Å². The van der Waals surface area contributed by atoms with Crippen molar-refractivity contribution in [3.8, 4) is 0 Å². The summed E-state index contributed by atoms with van der Waals surface area (Å²) < 4.78 is 0. The second kappa shape index (κ2) is 7.14. The minimum atomic E-state index is -0.896. The molecule has 2 aromatic rings. The van der Waals surface area contributed by atoms with Gasteiger partial charge in [0.1, 0.15) is 0 Å². The minimum Gasteiger partial charge on any atom is -0.298 e. The Hall–Kier alpha value is -2.26. The van der Waals surface area contributed by atoms with Gasteiger partial charge in [-0.1, -0.05) is 54.1 Å². The average molecular weight is 315 g/mol. The van der Waals surface area contributed by atoms with Crippen molar-refractivity contribution in [2.24, 2.45) is 5.92 Å². The normalized spacial score (nSPS) is 11.7. The van der Waals surface area contributed by atoms with Crippen LogP contribution in [-0.2, 0) is 4.79 Å². The van der Waals surface area contributed by atoms with Gasteiger partial charge in [0.25, 0.3) is 0 Å². The summed E-state index contributed by atoms with van der Waals surface area (Å²) in [5.41, 5.74) is 0.769. The Kier molecular flexibility index (Phi) is 5.23. The van der Waals surface area contributed by atoms with E-state index in [2.05, 4.69) is 0 Å². The minimum absolute atomic E-state index is 0.288. The van der Waals surface area contributed by atoms with E-state index in [1.807, 2.05) is 0 Å². The number of ketones is 3. The standard InChI is InChI=1S/C18H15ClO3/c1-12(18(22)14-9-5-6-10-15(14)19)16(20)11-17(21)13-7-3-2-4-8-13/h2-10,12H,11H2,1H3. The van der Waals surface area contributed by atoms with Crippen molar-refractivity contribution in [3.63, 3.8) is 0 Å². The van der Waals surface area contributed by atoms with Crippen LogP contribution in [0.25, 0.3) is 0 Å². The lowest BCUT2D eigenvalue weighted by molar-refractivity contribution is -0.120. The van der Waals surface area contributed by atoms with Crippen molar-refractivity contribution >= 4 is 29.0 Å². The van der Waals surface area contributed by atoms with Crippen molar-refractivity contribution in [2.75, 3.05) is 0 Å². The highest BCUT2D eigenvalue weighted by molar-refractivity contribution is 6.34. The van der Waals surface area contributed by atoms with E-state index in [-0.39, 0.29) is 18.0 Å². The predicted molar refractivity (Wildman–Crippen MR) is 85.3 cm³/mol. The molecule has 0 radical (unpaired) electrons. The summed E-state index contributed by atoms with van der Waals surface area (Å²) >= 11 is 5.97. The summed E-state index contributed by atoms with van der Waals surface area (Å²) in [5.74, 6) is -1.95. The Morgan fingerprint density at radius 3 is 2.18 bits per heavy atom. The fraction of sp³-hybridized carbons (Fsp3) is 0.167. The van der Waals surface area contributed by atoms with Gasteiger partial charge in [0.05, 0.1) is 17.4 Å². The van der Waals surface area contributed by atoms with Crippen LogP contribution in [0.3, 0.4) is 0 Å². The maximum atomic E-state index is 12.3. The van der Waals surface area contributed by atoms with Crippen LogP contribution in [0.4, 0.5) is 0 Å². The monoisotopic (exact) mass is 314 g/mol. The van der Waals surface area contributed by atoms with Gasteiger partial charge in [-0.15, -0.1) is 0 Å². The molecule has 0 aliphatic heterocycles. The molecule has 0 amide bonds. The third-order valence-electron chi connectivity index (χ3n) is 3.45. The average Bonchev–Trinajstić information content (AvgIpc) is 2.54. The maximum absolute atomic E-state index is 12.3. The van der Waals surface area contributed by atoms with Gasteiger partial charge in [-0.3, -0.25) is 14.4 Å². The molecule has 0 aliphatic carbocycles. The van der Waals surface area contributed by atoms with E-state index in [4.69, 9.17) is 11.6 Å². The molecule has 0 aliphatic rings. The summed E-state index contributed by atoms with van der Waals surface area (Å²) in [4.78, 5) is 36.5. The summed E-state index contributed by atoms with van der Waals surface area (Å²) in [7, 11) is 0. The number of rotatable bonds is 6. The van der Waals surface area contributed by atoms with E-state index >= 15 is 0 Å². The molecule has 22 heavy (non-hydrogen) atoms. The Morgan fingerprint density at radius 2 is 1.55 bits per heavy atom. The van der Waals surface area contributed by atoms with Gasteiger partial charge in [-0.25, -0.2) is 0 Å². The zero-order valence-electron chi connectivity index (χ0n) is 12.1. The number of benzene rings is 2. The predicted octanol–water partition coefficient (Wildman–Crippen LogP) is 4.00. The van der Waals surface area contributed by atoms with Crippen LogP contribution in [0.5, 0.6) is 0 Å². The SMILES string of the molecule is CC(C(=O)CC(=O)c1ccccc1)C(=O)c1ccccc1Cl. The van der Waals surface area contributed by atoms with E-state index in [0.29, 0.717) is 16.1 Å². The van der Waals surface area contributed by atoms with Gasteiger partial charge >= 0.3 is 0 Å². The second-order valence-corrected chi connectivity index (χ2v) is 5.41. The highest BCUT2D eigenvalue weighted by Gasteiger charge is 2.26. The number of hydrogen-bond acceptors (Lipinski definition) is 3. The van der Waals surface area contributed by atoms with E-state index < -0.39 is 11.7 Å². The van der Waals surface area contributed by atoms with E-state index in [1.54, 1.807) is 54.6 Å². The van der Waals surface area contributed by atoms with Crippen LogP contribution < -0.4 is 0 Å². The fourth-order valence-electron chi connectivity index (χ4n) is 2.08. The molecule has 0 fully saturated rings. The first-order valence-corrected chi connectivity index (χ1v) is 7.28. The van der Waals surface area contributed by atoms with Gasteiger partial charge in [-0.2, -0.15) is 0 Å². The van der Waals surface area contributed by atoms with Crippen molar-refractivity contribution in [2.45, 2.75) is 13.3 Å². The van der Waals surface area contributed by atoms with Gasteiger partial charge < -0.3 is 0 Å². The maximum Gasteiger partial charge on any atom is 0.174 e. The third kappa shape index (κ3) is 3.68. The second-order valence-electron chi connectivity index (χ2n) is 5.00. The molecule has 2 rings (SSSR count). The Bertz CT molecular complexity index is 707. The lowest BCUT2D eigenvalue weighted by Gasteiger charge is -2.10. The third-order valence-corrected chi connectivity index (χ3v) is 3.78. The quantitative estimate of drug-likeness (QED) is 0.598. The Morgan fingerprint density at radius 1 is 0.955 bits per heavy atom. The van der Waals surface area contributed by atoms with E-state index in [0.717, 1.165) is 0 Å². The molecule has 2 aromatic carbocycles. The topological polar surface area (TPSA) is 51.2 Å². The Balaban J connectivity index is 2.08. The molecule has 0 N–H and O–H groups in total. The van der Waals surface area contributed by atoms with Crippen molar-refractivity contribution < 1.29 is 14.4 Å². The lowest BCUT2D eigenvalue weighted by atomic mass is 9.92. The summed E-state index contributed by atoms with van der Waals surface area (Å²) in [6, 6.07) is 15.1. The van der Waals surface area contributed by atoms with Crippen molar-refractivity contribution in [1.82, 2.24) is 0 Å². The first-order chi connectivity index (χ1) is 10.5. The molecular weight excluding hydrogens is 300 g/mol. The van der Waals surface area contributed by atoms with Crippen LogP contribution in [0.2, 0.25) is 5.02 Å². The first-order valence-electron chi connectivity index (χ1n) is 6.90. The van der Waals surface area contributed by atoms with Crippen molar-refractivity contribution in [1.29, 1.82) is 0 Å². The molecule has 4 heteroatoms.